The van der Waals surface area contributed by atoms with Crippen LogP contribution in [0.2, 0.25) is 0 Å². The molecule has 0 unspecified atom stereocenters. The lowest BCUT2D eigenvalue weighted by atomic mass is 9.86. The van der Waals surface area contributed by atoms with Crippen LogP contribution in [0.15, 0.2) is 164 Å². The molecule has 3 heterocycles. The zero-order valence-electron chi connectivity index (χ0n) is 69.3. The minimum absolute atomic E-state index is 0.00170. The molecule has 12 rings (SSSR count). The van der Waals surface area contributed by atoms with Gasteiger partial charge in [-0.25, -0.2) is 28.1 Å². The van der Waals surface area contributed by atoms with Crippen LogP contribution in [0.25, 0.3) is 0 Å². The fourth-order valence-corrected chi connectivity index (χ4v) is 13.7. The number of benzene rings is 6. The Labute approximate surface area is 685 Å². The van der Waals surface area contributed by atoms with Crippen LogP contribution in [0.4, 0.5) is 65.5 Å². The predicted octanol–water partition coefficient (Wildman–Crippen LogP) is 17.5. The number of halogens is 3. The first kappa shape index (κ1) is 88.2. The number of carbonyl (C=O) groups excluding carboxylic acids is 3. The van der Waals surface area contributed by atoms with Crippen LogP contribution in [-0.2, 0) is 30.5 Å². The first-order valence-electron chi connectivity index (χ1n) is 40.2. The van der Waals surface area contributed by atoms with Gasteiger partial charge in [0.2, 0.25) is 17.8 Å². The highest BCUT2D eigenvalue weighted by molar-refractivity contribution is 5.95. The molecule has 0 aliphatic heterocycles. The number of nitrogens with one attached hydrogen (secondary N) is 9. The second-order valence-electron chi connectivity index (χ2n) is 32.7. The van der Waals surface area contributed by atoms with Crippen molar-refractivity contribution < 1.29 is 56.0 Å². The van der Waals surface area contributed by atoms with E-state index >= 15 is 0 Å². The molecule has 9 N–H and O–H groups in total. The van der Waals surface area contributed by atoms with E-state index in [0.717, 1.165) is 111 Å². The number of carbonyl (C=O) groups is 3. The summed E-state index contributed by atoms with van der Waals surface area (Å²) in [5.41, 5.74) is 7.85. The minimum Gasteiger partial charge on any atom is -0.491 e. The fourth-order valence-electron chi connectivity index (χ4n) is 13.7. The molecule has 3 aliphatic carbocycles. The molecule has 6 atom stereocenters. The maximum Gasteiger partial charge on any atom is 0.251 e. The van der Waals surface area contributed by atoms with E-state index in [2.05, 4.69) is 140 Å². The van der Waals surface area contributed by atoms with Crippen molar-refractivity contribution in [3.05, 3.63) is 215 Å². The number of anilines is 9. The molecule has 0 radical (unpaired) electrons. The third kappa shape index (κ3) is 28.0. The SMILES string of the molecule is COCCOc1ccc(Nc2ncc(F)c(N[C@@H]3CCC[C@@H](NC(=O)c4ccc(C(C)(C)C)cc4)C3)n2)cc1.COCCOc1ccc(Nc2ncc(F)c(N[C@@H]3CCC[C@@H](NC(=O)c4ccc(C(C)(C)C)cc4)C3)n2)cc1.COCCOc1ccc(Nc2ncc(F)c(N[C@H]3CCC[C@H](NC(=O)c4ccc(C(C)(C)C)cc4)C3)n2)cc1. The van der Waals surface area contributed by atoms with Gasteiger partial charge in [0.1, 0.15) is 37.1 Å². The van der Waals surface area contributed by atoms with Gasteiger partial charge < -0.3 is 76.3 Å². The van der Waals surface area contributed by atoms with Gasteiger partial charge in [-0.3, -0.25) is 14.4 Å². The average molecular weight is 1610 g/mol. The van der Waals surface area contributed by atoms with Crippen LogP contribution in [-0.4, -0.2) is 145 Å². The molecule has 24 nitrogen and oxygen atoms in total. The summed E-state index contributed by atoms with van der Waals surface area (Å²) in [6.07, 6.45) is 13.5. The van der Waals surface area contributed by atoms with Crippen LogP contribution in [0.1, 0.15) is 187 Å². The lowest BCUT2D eigenvalue weighted by Crippen LogP contribution is -2.42. The molecule has 3 aliphatic rings. The summed E-state index contributed by atoms with van der Waals surface area (Å²) in [5, 5.41) is 28.5. The third-order valence-electron chi connectivity index (χ3n) is 20.3. The summed E-state index contributed by atoms with van der Waals surface area (Å²) in [6, 6.07) is 45.3. The van der Waals surface area contributed by atoms with Crippen LogP contribution in [0.3, 0.4) is 0 Å². The summed E-state index contributed by atoms with van der Waals surface area (Å²) in [4.78, 5) is 63.9. The molecule has 6 aromatic carbocycles. The Hall–Kier alpha value is -11.2. The molecule has 27 heteroatoms. The van der Waals surface area contributed by atoms with Gasteiger partial charge in [0.25, 0.3) is 17.7 Å². The average Bonchev–Trinajstić information content (AvgIpc) is 0.845. The van der Waals surface area contributed by atoms with E-state index in [1.54, 1.807) is 21.3 Å². The third-order valence-corrected chi connectivity index (χ3v) is 20.3. The Bertz CT molecular complexity index is 4150. The summed E-state index contributed by atoms with van der Waals surface area (Å²) in [5.74, 6) is 1.62. The number of hydrogen-bond donors (Lipinski definition) is 9. The topological polar surface area (TPSA) is 292 Å². The molecule has 9 aromatic rings. The molecule has 624 valence electrons. The zero-order valence-corrected chi connectivity index (χ0v) is 69.3. The molecule has 0 bridgehead atoms. The first-order valence-corrected chi connectivity index (χ1v) is 40.2. The normalized spacial score (nSPS) is 17.4. The number of amides is 3. The maximum absolute atomic E-state index is 14.6. The lowest BCUT2D eigenvalue weighted by molar-refractivity contribution is 0.0917. The second kappa shape index (κ2) is 42.6. The number of methoxy groups -OCH3 is 3. The highest BCUT2D eigenvalue weighted by atomic mass is 19.1. The highest BCUT2D eigenvalue weighted by Gasteiger charge is 2.30. The van der Waals surface area contributed by atoms with Gasteiger partial charge in [-0.1, -0.05) is 98.7 Å². The highest BCUT2D eigenvalue weighted by Crippen LogP contribution is 2.32. The van der Waals surface area contributed by atoms with E-state index in [0.29, 0.717) is 75.6 Å². The van der Waals surface area contributed by atoms with Gasteiger partial charge in [0.05, 0.1) is 38.4 Å². The van der Waals surface area contributed by atoms with Gasteiger partial charge in [0.15, 0.2) is 34.9 Å². The monoisotopic (exact) mass is 1610 g/mol. The first-order chi connectivity index (χ1) is 56.1. The fraction of sp³-hybridized carbons (Fsp3) is 0.433. The van der Waals surface area contributed by atoms with E-state index in [1.807, 2.05) is 146 Å². The second-order valence-corrected chi connectivity index (χ2v) is 32.7. The van der Waals surface area contributed by atoms with Crippen molar-refractivity contribution in [3.8, 4) is 17.2 Å². The van der Waals surface area contributed by atoms with E-state index in [4.69, 9.17) is 28.4 Å². The van der Waals surface area contributed by atoms with Crippen molar-refractivity contribution in [1.82, 2.24) is 45.9 Å². The van der Waals surface area contributed by atoms with E-state index in [1.165, 1.54) is 16.7 Å². The van der Waals surface area contributed by atoms with Gasteiger partial charge in [-0.05, 0) is 219 Å². The van der Waals surface area contributed by atoms with Crippen LogP contribution < -0.4 is 62.1 Å². The van der Waals surface area contributed by atoms with E-state index < -0.39 is 17.5 Å². The van der Waals surface area contributed by atoms with Crippen molar-refractivity contribution in [2.75, 3.05) is 92.9 Å². The Balaban J connectivity index is 0.000000185. The summed E-state index contributed by atoms with van der Waals surface area (Å²) >= 11 is 0. The van der Waals surface area contributed by atoms with Gasteiger partial charge in [-0.15, -0.1) is 0 Å². The molecule has 0 spiro atoms. The number of hydrogen-bond acceptors (Lipinski definition) is 21. The molecule has 3 aromatic heterocycles. The number of ether oxygens (including phenoxy) is 6. The van der Waals surface area contributed by atoms with Crippen molar-refractivity contribution in [2.45, 2.75) is 192 Å². The molecular formula is C90H114F3N15O9. The Morgan fingerprint density at radius 2 is 0.581 bits per heavy atom. The molecule has 117 heavy (non-hydrogen) atoms. The quantitative estimate of drug-likeness (QED) is 0.0189. The molecule has 0 saturated heterocycles. The van der Waals surface area contributed by atoms with Crippen molar-refractivity contribution in [3.63, 3.8) is 0 Å². The van der Waals surface area contributed by atoms with Crippen molar-refractivity contribution in [1.29, 1.82) is 0 Å². The molecule has 3 saturated carbocycles. The molecular weight excluding hydrogens is 1490 g/mol. The van der Waals surface area contributed by atoms with Crippen LogP contribution in [0, 0.1) is 17.5 Å². The number of rotatable bonds is 30. The lowest BCUT2D eigenvalue weighted by Gasteiger charge is -2.31. The Kier molecular flexibility index (Phi) is 32.1. The minimum atomic E-state index is -0.521. The Morgan fingerprint density at radius 1 is 0.342 bits per heavy atom. The zero-order chi connectivity index (χ0) is 83.5. The van der Waals surface area contributed by atoms with Gasteiger partial charge >= 0.3 is 0 Å². The smallest absolute Gasteiger partial charge is 0.251 e. The summed E-state index contributed by atoms with van der Waals surface area (Å²) in [6.45, 7) is 22.3. The van der Waals surface area contributed by atoms with E-state index in [-0.39, 0.29) is 106 Å². The van der Waals surface area contributed by atoms with Crippen LogP contribution >= 0.6 is 0 Å². The molecule has 3 fully saturated rings. The van der Waals surface area contributed by atoms with Crippen molar-refractivity contribution >= 4 is 70.1 Å². The molecule has 3 amide bonds. The maximum atomic E-state index is 14.6. The Morgan fingerprint density at radius 3 is 0.812 bits per heavy atom. The number of nitrogens with zero attached hydrogens (tertiary/aromatic N) is 6. The van der Waals surface area contributed by atoms with Gasteiger partial charge in [0, 0.05) is 91.3 Å². The van der Waals surface area contributed by atoms with E-state index in [9.17, 15) is 27.6 Å². The van der Waals surface area contributed by atoms with Crippen molar-refractivity contribution in [2.24, 2.45) is 0 Å². The largest absolute Gasteiger partial charge is 0.491 e. The summed E-state index contributed by atoms with van der Waals surface area (Å²) in [7, 11) is 4.88. The number of aromatic nitrogens is 6. The van der Waals surface area contributed by atoms with Crippen LogP contribution in [0.5, 0.6) is 17.2 Å². The van der Waals surface area contributed by atoms with Gasteiger partial charge in [-0.2, -0.15) is 15.0 Å². The standard InChI is InChI=1S/3C30H38FN5O3/c3*1-30(2,3)21-10-8-20(9-11-21)28(37)34-24-7-5-6-23(18-24)33-27-26(31)19-32-29(36-27)35-22-12-14-25(15-13-22)39-17-16-38-4/h3*8-15,19,23-24H,5-7,16-18H2,1-4H3,(H,34,37)(H2,32,33,35,36)/t3*23-,24-/m110/s1. The predicted molar refractivity (Wildman–Crippen MR) is 454 cm³/mol. The summed E-state index contributed by atoms with van der Waals surface area (Å²) < 4.78 is 75.5.